The summed E-state index contributed by atoms with van der Waals surface area (Å²) in [5.41, 5.74) is 2.91. The van der Waals surface area contributed by atoms with Gasteiger partial charge in [-0.1, -0.05) is 24.3 Å². The predicted molar refractivity (Wildman–Crippen MR) is 97.5 cm³/mol. The van der Waals surface area contributed by atoms with E-state index in [1.54, 1.807) is 24.3 Å². The molecule has 2 fully saturated rings. The van der Waals surface area contributed by atoms with Crippen LogP contribution in [0, 0.1) is 11.8 Å². The fraction of sp³-hybridized carbons (Fsp3) is 0.273. The van der Waals surface area contributed by atoms with E-state index < -0.39 is 17.8 Å². The summed E-state index contributed by atoms with van der Waals surface area (Å²) in [5, 5.41) is 0. The monoisotopic (exact) mass is 359 g/mol. The minimum absolute atomic E-state index is 0.0508. The molecule has 2 aromatic rings. The van der Waals surface area contributed by atoms with Gasteiger partial charge < -0.3 is 0 Å². The van der Waals surface area contributed by atoms with Crippen LogP contribution in [0.25, 0.3) is 0 Å². The maximum atomic E-state index is 13.2. The van der Waals surface area contributed by atoms with Crippen LogP contribution in [0.15, 0.2) is 48.5 Å². The van der Waals surface area contributed by atoms with Gasteiger partial charge in [0, 0.05) is 17.9 Å². The fourth-order valence-electron chi connectivity index (χ4n) is 5.06. The van der Waals surface area contributed by atoms with E-state index in [1.165, 1.54) is 11.8 Å². The first kappa shape index (κ1) is 16.1. The number of Topliss-reactive ketones (excluding diaryl/α,β-unsaturated/α-hetero) is 2. The molecule has 4 aliphatic rings. The van der Waals surface area contributed by atoms with Crippen molar-refractivity contribution in [3.8, 4) is 0 Å². The second-order valence-electron chi connectivity index (χ2n) is 7.55. The number of rotatable bonds is 2. The lowest BCUT2D eigenvalue weighted by Crippen LogP contribution is -2.44. The summed E-state index contributed by atoms with van der Waals surface area (Å²) < 4.78 is 0. The van der Waals surface area contributed by atoms with Crippen molar-refractivity contribution >= 4 is 29.1 Å². The first-order chi connectivity index (χ1) is 13.0. The average molecular weight is 359 g/mol. The molecule has 0 N–H and O–H groups in total. The molecule has 5 nitrogen and oxygen atoms in total. The smallest absolute Gasteiger partial charge is 0.238 e. The van der Waals surface area contributed by atoms with Crippen molar-refractivity contribution in [2.75, 3.05) is 4.90 Å². The first-order valence-electron chi connectivity index (χ1n) is 9.09. The van der Waals surface area contributed by atoms with Crippen LogP contribution >= 0.6 is 0 Å². The number of benzene rings is 2. The van der Waals surface area contributed by atoms with E-state index in [0.29, 0.717) is 17.7 Å². The van der Waals surface area contributed by atoms with Crippen LogP contribution in [-0.2, 0) is 14.4 Å². The van der Waals surface area contributed by atoms with E-state index in [0.717, 1.165) is 11.1 Å². The van der Waals surface area contributed by atoms with Crippen molar-refractivity contribution in [2.24, 2.45) is 11.8 Å². The van der Waals surface area contributed by atoms with Crippen molar-refractivity contribution in [3.63, 3.8) is 0 Å². The Balaban J connectivity index is 1.59. The minimum atomic E-state index is -0.619. The average Bonchev–Trinajstić information content (AvgIpc) is 2.94. The molecule has 1 saturated carbocycles. The molecule has 4 atom stereocenters. The Kier molecular flexibility index (Phi) is 3.26. The number of imide groups is 1. The van der Waals surface area contributed by atoms with Crippen LogP contribution in [0.5, 0.6) is 0 Å². The summed E-state index contributed by atoms with van der Waals surface area (Å²) in [6, 6.07) is 14.2. The molecule has 2 amide bonds. The van der Waals surface area contributed by atoms with Gasteiger partial charge in [0.25, 0.3) is 0 Å². The molecule has 1 heterocycles. The van der Waals surface area contributed by atoms with Crippen molar-refractivity contribution in [1.29, 1.82) is 0 Å². The van der Waals surface area contributed by atoms with E-state index >= 15 is 0 Å². The fourth-order valence-corrected chi connectivity index (χ4v) is 5.06. The zero-order valence-electron chi connectivity index (χ0n) is 14.7. The number of ketones is 2. The molecule has 0 radical (unpaired) electrons. The van der Waals surface area contributed by atoms with Gasteiger partial charge in [0.05, 0.1) is 23.4 Å². The second-order valence-corrected chi connectivity index (χ2v) is 7.55. The van der Waals surface area contributed by atoms with Crippen molar-refractivity contribution in [2.45, 2.75) is 25.2 Å². The van der Waals surface area contributed by atoms with Gasteiger partial charge in [-0.2, -0.15) is 0 Å². The van der Waals surface area contributed by atoms with Gasteiger partial charge in [0.2, 0.25) is 11.8 Å². The summed E-state index contributed by atoms with van der Waals surface area (Å²) in [6.07, 6.45) is 0.318. The number of anilines is 1. The van der Waals surface area contributed by atoms with E-state index in [1.807, 2.05) is 24.3 Å². The highest BCUT2D eigenvalue weighted by atomic mass is 16.2. The third-order valence-electron chi connectivity index (χ3n) is 6.22. The molecule has 6 rings (SSSR count). The van der Waals surface area contributed by atoms with Gasteiger partial charge in [-0.25, -0.2) is 0 Å². The molecule has 0 spiro atoms. The Morgan fingerprint density at radius 1 is 0.889 bits per heavy atom. The maximum Gasteiger partial charge on any atom is 0.238 e. The van der Waals surface area contributed by atoms with Crippen LogP contribution in [0.3, 0.4) is 0 Å². The molecule has 27 heavy (non-hydrogen) atoms. The molecular formula is C22H17NO4. The zero-order valence-corrected chi connectivity index (χ0v) is 14.7. The Labute approximate surface area is 156 Å². The molecule has 2 bridgehead atoms. The maximum absolute atomic E-state index is 13.2. The van der Waals surface area contributed by atoms with Crippen LogP contribution in [0.1, 0.15) is 46.7 Å². The molecule has 1 aliphatic heterocycles. The quantitative estimate of drug-likeness (QED) is 0.611. The predicted octanol–water partition coefficient (Wildman–Crippen LogP) is 2.85. The number of carbonyl (C=O) groups excluding carboxylic acids is 4. The largest absolute Gasteiger partial charge is 0.299 e. The SMILES string of the molecule is CC(=O)c1ccc(N2C(=O)C3C4CC(=O)C(c5ccccc54)C3C2=O)cc1. The zero-order chi connectivity index (χ0) is 18.9. The molecule has 4 unspecified atom stereocenters. The number of amides is 2. The lowest BCUT2D eigenvalue weighted by atomic mass is 9.56. The third-order valence-corrected chi connectivity index (χ3v) is 6.22. The first-order valence-corrected chi connectivity index (χ1v) is 9.09. The normalized spacial score (nSPS) is 28.3. The Hall–Kier alpha value is -3.08. The summed E-state index contributed by atoms with van der Waals surface area (Å²) >= 11 is 0. The summed E-state index contributed by atoms with van der Waals surface area (Å²) in [4.78, 5) is 51.8. The molecule has 0 aromatic heterocycles. The van der Waals surface area contributed by atoms with Crippen molar-refractivity contribution in [3.05, 3.63) is 65.2 Å². The van der Waals surface area contributed by atoms with Crippen LogP contribution in [0.4, 0.5) is 5.69 Å². The van der Waals surface area contributed by atoms with Crippen LogP contribution < -0.4 is 4.90 Å². The Morgan fingerprint density at radius 3 is 2.19 bits per heavy atom. The summed E-state index contributed by atoms with van der Waals surface area (Å²) in [5.74, 6) is -2.44. The molecular weight excluding hydrogens is 342 g/mol. The number of hydrogen-bond acceptors (Lipinski definition) is 4. The van der Waals surface area contributed by atoms with Gasteiger partial charge in [0.15, 0.2) is 5.78 Å². The van der Waals surface area contributed by atoms with Crippen molar-refractivity contribution in [1.82, 2.24) is 0 Å². The standard InChI is InChI=1S/C22H17NO4/c1-11(24)12-6-8-13(9-7-12)23-21(26)19-16-10-17(25)18(20(19)22(23)27)15-5-3-2-4-14(15)16/h2-9,16,18-20H,10H2,1H3. The number of fused-ring (bicyclic) bond motifs is 1. The number of nitrogens with zero attached hydrogens (tertiary/aromatic N) is 1. The van der Waals surface area contributed by atoms with E-state index in [2.05, 4.69) is 0 Å². The lowest BCUT2D eigenvalue weighted by molar-refractivity contribution is -0.134. The molecule has 3 aliphatic carbocycles. The van der Waals surface area contributed by atoms with E-state index in [-0.39, 0.29) is 29.3 Å². The van der Waals surface area contributed by atoms with Gasteiger partial charge in [-0.15, -0.1) is 0 Å². The van der Waals surface area contributed by atoms with Crippen LogP contribution in [-0.4, -0.2) is 23.4 Å². The van der Waals surface area contributed by atoms with Gasteiger partial charge in [0.1, 0.15) is 5.78 Å². The second kappa shape index (κ2) is 5.46. The van der Waals surface area contributed by atoms with Gasteiger partial charge >= 0.3 is 0 Å². The van der Waals surface area contributed by atoms with Gasteiger partial charge in [-0.05, 0) is 42.3 Å². The molecule has 2 aromatic carbocycles. The summed E-state index contributed by atoms with van der Waals surface area (Å²) in [6.45, 7) is 1.47. The van der Waals surface area contributed by atoms with E-state index in [4.69, 9.17) is 0 Å². The minimum Gasteiger partial charge on any atom is -0.299 e. The summed E-state index contributed by atoms with van der Waals surface area (Å²) in [7, 11) is 0. The number of carbonyl (C=O) groups is 4. The van der Waals surface area contributed by atoms with Crippen LogP contribution in [0.2, 0.25) is 0 Å². The topological polar surface area (TPSA) is 71.5 Å². The van der Waals surface area contributed by atoms with Crippen molar-refractivity contribution < 1.29 is 19.2 Å². The third kappa shape index (κ3) is 2.05. The van der Waals surface area contributed by atoms with E-state index in [9.17, 15) is 19.2 Å². The molecule has 134 valence electrons. The Bertz CT molecular complexity index is 1020. The highest BCUT2D eigenvalue weighted by Crippen LogP contribution is 2.57. The van der Waals surface area contributed by atoms with Gasteiger partial charge in [-0.3, -0.25) is 24.1 Å². The molecule has 1 saturated heterocycles. The highest BCUT2D eigenvalue weighted by Gasteiger charge is 2.62. The number of hydrogen-bond donors (Lipinski definition) is 0. The Morgan fingerprint density at radius 2 is 1.52 bits per heavy atom. The lowest BCUT2D eigenvalue weighted by Gasteiger charge is -2.43. The highest BCUT2D eigenvalue weighted by molar-refractivity contribution is 6.24. The molecule has 5 heteroatoms.